The van der Waals surface area contributed by atoms with E-state index < -0.39 is 0 Å². The number of nitrogens with zero attached hydrogens (tertiary/aromatic N) is 2. The number of hydrogen-bond acceptors (Lipinski definition) is 2. The van der Waals surface area contributed by atoms with Crippen molar-refractivity contribution in [2.24, 2.45) is 4.99 Å². The molecule has 0 aromatic heterocycles. The molecule has 0 spiro atoms. The summed E-state index contributed by atoms with van der Waals surface area (Å²) in [4.78, 5) is 18.1. The fourth-order valence-corrected chi connectivity index (χ4v) is 2.48. The van der Waals surface area contributed by atoms with Crippen LogP contribution >= 0.6 is 11.6 Å². The molecule has 2 aromatic rings. The number of anilines is 1. The van der Waals surface area contributed by atoms with E-state index in [-0.39, 0.29) is 17.9 Å². The molecule has 1 amide bonds. The first-order valence-corrected chi connectivity index (χ1v) is 6.71. The molecule has 0 unspecified atom stereocenters. The van der Waals surface area contributed by atoms with Crippen LogP contribution in [0.4, 0.5) is 5.69 Å². The second-order valence-electron chi connectivity index (χ2n) is 4.65. The van der Waals surface area contributed by atoms with Gasteiger partial charge in [0.05, 0.1) is 11.4 Å². The number of halogens is 1. The molecule has 0 aliphatic carbocycles. The number of benzene rings is 2. The predicted molar refractivity (Wildman–Crippen MR) is 85.4 cm³/mol. The molecule has 0 fully saturated rings. The van der Waals surface area contributed by atoms with E-state index in [4.69, 9.17) is 11.6 Å². The fourth-order valence-electron chi connectivity index (χ4n) is 2.31. The quantitative estimate of drug-likeness (QED) is 0.797. The summed E-state index contributed by atoms with van der Waals surface area (Å²) < 4.78 is 0. The van der Waals surface area contributed by atoms with Crippen LogP contribution < -0.4 is 4.90 Å². The minimum absolute atomic E-state index is 0. The van der Waals surface area contributed by atoms with Gasteiger partial charge in [0.15, 0.2) is 0 Å². The molecule has 0 radical (unpaired) electrons. The maximum atomic E-state index is 12.0. The molecule has 1 aliphatic heterocycles. The van der Waals surface area contributed by atoms with Crippen molar-refractivity contribution in [3.63, 3.8) is 0 Å². The van der Waals surface area contributed by atoms with Crippen LogP contribution in [0, 0.1) is 0 Å². The van der Waals surface area contributed by atoms with Crippen LogP contribution in [0.25, 0.3) is 0 Å². The van der Waals surface area contributed by atoms with Crippen molar-refractivity contribution < 1.29 is 10.3 Å². The molecule has 4 nitrogen and oxygen atoms in total. The van der Waals surface area contributed by atoms with Gasteiger partial charge >= 0.3 is 0 Å². The molecule has 0 saturated heterocycles. The molecule has 3 rings (SSSR count). The van der Waals surface area contributed by atoms with Gasteiger partial charge in [0, 0.05) is 23.2 Å². The zero-order chi connectivity index (χ0) is 14.1. The van der Waals surface area contributed by atoms with Gasteiger partial charge < -0.3 is 10.4 Å². The van der Waals surface area contributed by atoms with E-state index >= 15 is 0 Å². The average molecular weight is 303 g/mol. The van der Waals surface area contributed by atoms with Crippen LogP contribution in [0.15, 0.2) is 53.5 Å². The van der Waals surface area contributed by atoms with Gasteiger partial charge in [-0.2, -0.15) is 0 Å². The van der Waals surface area contributed by atoms with Gasteiger partial charge in [0.2, 0.25) is 5.91 Å². The highest BCUT2D eigenvalue weighted by molar-refractivity contribution is 6.32. The van der Waals surface area contributed by atoms with Gasteiger partial charge in [-0.1, -0.05) is 41.9 Å². The number of carbonyl (C=O) groups is 1. The van der Waals surface area contributed by atoms with Gasteiger partial charge in [-0.3, -0.25) is 9.79 Å². The summed E-state index contributed by atoms with van der Waals surface area (Å²) in [5.74, 6) is -0.0282. The van der Waals surface area contributed by atoms with E-state index in [1.807, 2.05) is 42.5 Å². The highest BCUT2D eigenvalue weighted by Crippen LogP contribution is 2.28. The van der Waals surface area contributed by atoms with E-state index in [2.05, 4.69) is 4.99 Å². The topological polar surface area (TPSA) is 64.2 Å². The number of likely N-dealkylation sites (N-methyl/N-ethyl adjacent to an activating group) is 1. The molecule has 0 saturated carbocycles. The minimum Gasteiger partial charge on any atom is -0.412 e. The predicted octanol–water partition coefficient (Wildman–Crippen LogP) is 2.33. The summed E-state index contributed by atoms with van der Waals surface area (Å²) >= 11 is 6.11. The highest BCUT2D eigenvalue weighted by Gasteiger charge is 2.22. The third-order valence-electron chi connectivity index (χ3n) is 3.37. The molecule has 2 aromatic carbocycles. The van der Waals surface area contributed by atoms with Crippen molar-refractivity contribution in [2.45, 2.75) is 0 Å². The Morgan fingerprint density at radius 1 is 1.14 bits per heavy atom. The first kappa shape index (κ1) is 15.2. The molecule has 1 heterocycles. The zero-order valence-electron chi connectivity index (χ0n) is 11.5. The van der Waals surface area contributed by atoms with E-state index in [9.17, 15) is 4.79 Å². The monoisotopic (exact) mass is 302 g/mol. The van der Waals surface area contributed by atoms with Crippen molar-refractivity contribution in [3.05, 3.63) is 64.7 Å². The van der Waals surface area contributed by atoms with E-state index in [1.54, 1.807) is 18.0 Å². The van der Waals surface area contributed by atoms with Crippen molar-refractivity contribution in [3.8, 4) is 0 Å². The Bertz CT molecular complexity index is 699. The van der Waals surface area contributed by atoms with Crippen LogP contribution in [-0.2, 0) is 4.79 Å². The van der Waals surface area contributed by atoms with Gasteiger partial charge in [-0.25, -0.2) is 0 Å². The number of fused-ring (bicyclic) bond motifs is 1. The Kier molecular flexibility index (Phi) is 4.40. The Balaban J connectivity index is 0.00000161. The Labute approximate surface area is 128 Å². The largest absolute Gasteiger partial charge is 0.412 e. The molecule has 0 atom stereocenters. The van der Waals surface area contributed by atoms with Crippen molar-refractivity contribution in [1.29, 1.82) is 0 Å². The summed E-state index contributed by atoms with van der Waals surface area (Å²) in [6.45, 7) is 0.146. The average Bonchev–Trinajstić information content (AvgIpc) is 2.58. The Morgan fingerprint density at radius 2 is 1.86 bits per heavy atom. The van der Waals surface area contributed by atoms with Gasteiger partial charge in [0.25, 0.3) is 0 Å². The lowest BCUT2D eigenvalue weighted by atomic mass is 10.0. The second-order valence-corrected chi connectivity index (χ2v) is 5.08. The molecule has 1 aliphatic rings. The Morgan fingerprint density at radius 3 is 2.57 bits per heavy atom. The maximum Gasteiger partial charge on any atom is 0.248 e. The molecule has 108 valence electrons. The SMILES string of the molecule is CN1C(=O)CN=C(c2ccccc2)c2cc(Cl)ccc21.O. The maximum absolute atomic E-state index is 12.0. The van der Waals surface area contributed by atoms with Crippen LogP contribution in [0.2, 0.25) is 5.02 Å². The normalized spacial score (nSPS) is 13.9. The van der Waals surface area contributed by atoms with Crippen molar-refractivity contribution in [1.82, 2.24) is 0 Å². The standard InChI is InChI=1S/C16H13ClN2O.H2O/c1-19-14-8-7-12(17)9-13(14)16(18-10-15(19)20)11-5-3-2-4-6-11;/h2-9H,10H2,1H3;1H2. The Hall–Kier alpha value is -2.17. The third kappa shape index (κ3) is 2.82. The lowest BCUT2D eigenvalue weighted by molar-refractivity contribution is -0.116. The third-order valence-corrected chi connectivity index (χ3v) is 3.60. The van der Waals surface area contributed by atoms with Crippen molar-refractivity contribution in [2.75, 3.05) is 18.5 Å². The minimum atomic E-state index is -0.0282. The fraction of sp³-hybridized carbons (Fsp3) is 0.125. The van der Waals surface area contributed by atoms with E-state index in [1.165, 1.54) is 0 Å². The van der Waals surface area contributed by atoms with Crippen LogP contribution in [0.3, 0.4) is 0 Å². The van der Waals surface area contributed by atoms with Crippen LogP contribution in [0.5, 0.6) is 0 Å². The highest BCUT2D eigenvalue weighted by atomic mass is 35.5. The first-order valence-electron chi connectivity index (χ1n) is 6.33. The lowest BCUT2D eigenvalue weighted by Crippen LogP contribution is -2.27. The summed E-state index contributed by atoms with van der Waals surface area (Å²) in [6.07, 6.45) is 0. The molecule has 5 heteroatoms. The number of rotatable bonds is 1. The molecule has 0 bridgehead atoms. The molecular weight excluding hydrogens is 288 g/mol. The second kappa shape index (κ2) is 6.08. The number of benzodiazepines with no additional fused rings is 1. The van der Waals surface area contributed by atoms with Gasteiger partial charge in [0.1, 0.15) is 6.54 Å². The molecule has 2 N–H and O–H groups in total. The van der Waals surface area contributed by atoms with Crippen LogP contribution in [-0.4, -0.2) is 30.7 Å². The zero-order valence-corrected chi connectivity index (χ0v) is 12.3. The summed E-state index contributed by atoms with van der Waals surface area (Å²) in [6, 6.07) is 15.3. The number of carbonyl (C=O) groups excluding carboxylic acids is 1. The smallest absolute Gasteiger partial charge is 0.248 e. The molecular formula is C16H15ClN2O2. The van der Waals surface area contributed by atoms with Crippen LogP contribution in [0.1, 0.15) is 11.1 Å². The van der Waals surface area contributed by atoms with E-state index in [0.29, 0.717) is 5.02 Å². The van der Waals surface area contributed by atoms with Gasteiger partial charge in [-0.15, -0.1) is 0 Å². The molecule has 21 heavy (non-hydrogen) atoms. The summed E-state index contributed by atoms with van der Waals surface area (Å²) in [7, 11) is 1.76. The van der Waals surface area contributed by atoms with E-state index in [0.717, 1.165) is 22.5 Å². The van der Waals surface area contributed by atoms with Crippen molar-refractivity contribution >= 4 is 28.9 Å². The summed E-state index contributed by atoms with van der Waals surface area (Å²) in [5, 5.41) is 0.634. The summed E-state index contributed by atoms with van der Waals surface area (Å²) in [5.41, 5.74) is 3.51. The number of amides is 1. The number of hydrogen-bond donors (Lipinski definition) is 0. The lowest BCUT2D eigenvalue weighted by Gasteiger charge is -2.18. The first-order chi connectivity index (χ1) is 9.66. The number of aliphatic imine (C=N–C) groups is 1. The van der Waals surface area contributed by atoms with Gasteiger partial charge in [-0.05, 0) is 18.2 Å².